The summed E-state index contributed by atoms with van der Waals surface area (Å²) in [7, 11) is -4.38. The zero-order valence-corrected chi connectivity index (χ0v) is 39.0. The Hall–Kier alpha value is -3.44. The fourth-order valence-corrected chi connectivity index (χ4v) is 17.9. The van der Waals surface area contributed by atoms with Crippen molar-refractivity contribution in [2.24, 2.45) is 0 Å². The average molecular weight is 809 g/mol. The molecular weight excluding hydrogens is 752 g/mol. The van der Waals surface area contributed by atoms with Crippen LogP contribution in [-0.4, -0.2) is 52.9 Å². The Morgan fingerprint density at radius 1 is 0.649 bits per heavy atom. The summed E-state index contributed by atoms with van der Waals surface area (Å²) in [6, 6.07) is 42.1. The molecule has 3 unspecified atom stereocenters. The summed E-state index contributed by atoms with van der Waals surface area (Å²) in [6.45, 7) is 20.9. The van der Waals surface area contributed by atoms with Gasteiger partial charge in [-0.05, 0) is 50.1 Å². The van der Waals surface area contributed by atoms with Crippen LogP contribution in [0.2, 0.25) is 10.1 Å². The van der Waals surface area contributed by atoms with Crippen molar-refractivity contribution in [1.82, 2.24) is 5.16 Å². The molecule has 57 heavy (non-hydrogen) atoms. The van der Waals surface area contributed by atoms with Crippen molar-refractivity contribution >= 4 is 43.2 Å². The number of hydrogen-bond acceptors (Lipinski definition) is 6. The molecule has 0 spiro atoms. The van der Waals surface area contributed by atoms with E-state index in [1.54, 1.807) is 0 Å². The van der Waals surface area contributed by atoms with Gasteiger partial charge in [-0.25, -0.2) is 6.57 Å². The SMILES string of the molecule is CC(C)(C)[Si](OC1CCc2cnoc2C1)(c1ccccc1)c1ccccc1.C[O-].[C-]#[N+]C1CCC(O[Si](c2ccccc2)(c2ccccc2)C(C)(C)C)CC1=O.[Na+]. The monoisotopic (exact) mass is 808 g/mol. The molecule has 294 valence electrons. The summed E-state index contributed by atoms with van der Waals surface area (Å²) in [4.78, 5) is 15.8. The van der Waals surface area contributed by atoms with Gasteiger partial charge in [-0.15, -0.1) is 0 Å². The van der Waals surface area contributed by atoms with Crippen molar-refractivity contribution < 1.29 is 52.8 Å². The number of fused-ring (bicyclic) bond motifs is 1. The quantitative estimate of drug-likeness (QED) is 0.174. The molecule has 0 radical (unpaired) electrons. The molecule has 0 amide bonds. The molecule has 2 aliphatic rings. The molecule has 1 heterocycles. The van der Waals surface area contributed by atoms with Crippen LogP contribution in [0.4, 0.5) is 0 Å². The Kier molecular flexibility index (Phi) is 16.6. The maximum Gasteiger partial charge on any atom is 1.00 e. The van der Waals surface area contributed by atoms with Crippen LogP contribution >= 0.6 is 0 Å². The van der Waals surface area contributed by atoms with E-state index in [1.165, 1.54) is 26.3 Å². The Morgan fingerprint density at radius 2 is 1.04 bits per heavy atom. The summed E-state index contributed by atoms with van der Waals surface area (Å²) >= 11 is 0. The van der Waals surface area contributed by atoms with Crippen molar-refractivity contribution in [3.63, 3.8) is 0 Å². The zero-order chi connectivity index (χ0) is 40.4. The van der Waals surface area contributed by atoms with E-state index in [9.17, 15) is 4.79 Å². The number of ketones is 1. The van der Waals surface area contributed by atoms with E-state index in [0.717, 1.165) is 38.6 Å². The number of benzene rings is 4. The van der Waals surface area contributed by atoms with Gasteiger partial charge >= 0.3 is 29.6 Å². The van der Waals surface area contributed by atoms with Crippen LogP contribution in [0.5, 0.6) is 0 Å². The molecule has 2 aliphatic carbocycles. The molecule has 0 N–H and O–H groups in total. The minimum absolute atomic E-state index is 0. The van der Waals surface area contributed by atoms with Gasteiger partial charge in [0.2, 0.25) is 5.78 Å². The molecule has 3 atom stereocenters. The molecule has 1 saturated carbocycles. The van der Waals surface area contributed by atoms with Gasteiger partial charge in [0.05, 0.1) is 18.4 Å². The summed E-state index contributed by atoms with van der Waals surface area (Å²) in [5.41, 5.74) is 1.23. The van der Waals surface area contributed by atoms with Crippen molar-refractivity contribution in [2.75, 3.05) is 7.11 Å². The normalized spacial score (nSPS) is 18.3. The van der Waals surface area contributed by atoms with Crippen molar-refractivity contribution in [1.29, 1.82) is 0 Å². The van der Waals surface area contributed by atoms with Crippen LogP contribution in [0.25, 0.3) is 4.85 Å². The van der Waals surface area contributed by atoms with Crippen molar-refractivity contribution in [2.45, 2.75) is 108 Å². The van der Waals surface area contributed by atoms with Crippen LogP contribution in [0.3, 0.4) is 0 Å². The second kappa shape index (κ2) is 20.5. The number of aryl methyl sites for hydroxylation is 1. The van der Waals surface area contributed by atoms with Crippen LogP contribution in [0.1, 0.15) is 78.5 Å². The average Bonchev–Trinajstić information content (AvgIpc) is 3.69. The van der Waals surface area contributed by atoms with Crippen LogP contribution in [0.15, 0.2) is 132 Å². The van der Waals surface area contributed by atoms with E-state index in [1.807, 2.05) is 18.3 Å². The molecule has 7 nitrogen and oxygen atoms in total. The second-order valence-electron chi connectivity index (χ2n) is 16.7. The number of carbonyl (C=O) groups is 1. The molecule has 1 fully saturated rings. The summed E-state index contributed by atoms with van der Waals surface area (Å²) in [5.74, 6) is 1.02. The number of rotatable bonds is 8. The first-order valence-corrected chi connectivity index (χ1v) is 23.5. The molecule has 0 bridgehead atoms. The Morgan fingerprint density at radius 3 is 1.39 bits per heavy atom. The van der Waals surface area contributed by atoms with Crippen molar-refractivity contribution in [3.8, 4) is 0 Å². The maximum atomic E-state index is 12.4. The molecule has 10 heteroatoms. The summed E-state index contributed by atoms with van der Waals surface area (Å²) in [5, 5.41) is 17.2. The van der Waals surface area contributed by atoms with E-state index in [-0.39, 0.29) is 57.6 Å². The van der Waals surface area contributed by atoms with Gasteiger partial charge in [-0.2, -0.15) is 7.11 Å². The van der Waals surface area contributed by atoms with E-state index >= 15 is 0 Å². The van der Waals surface area contributed by atoms with E-state index in [2.05, 4.69) is 161 Å². The molecule has 0 aliphatic heterocycles. The largest absolute Gasteiger partial charge is 1.00 e. The van der Waals surface area contributed by atoms with Gasteiger partial charge in [0, 0.05) is 24.8 Å². The van der Waals surface area contributed by atoms with Gasteiger partial charge in [0.1, 0.15) is 5.76 Å². The number of nitrogens with zero attached hydrogens (tertiary/aromatic N) is 2. The molecule has 1 aromatic heterocycles. The van der Waals surface area contributed by atoms with Crippen LogP contribution in [-0.2, 0) is 26.5 Å². The predicted molar refractivity (Wildman–Crippen MR) is 229 cm³/mol. The molecule has 7 rings (SSSR count). The molecule has 5 aromatic rings. The smallest absolute Gasteiger partial charge is 0.857 e. The number of carbonyl (C=O) groups excluding carboxylic acids is 1. The topological polar surface area (TPSA) is 89.0 Å². The predicted octanol–water partition coefficient (Wildman–Crippen LogP) is 4.06. The Balaban J connectivity index is 0.000000238. The minimum atomic E-state index is -2.63. The molecular formula is C47H57N2NaO5Si2. The van der Waals surface area contributed by atoms with Gasteiger partial charge in [0.15, 0.2) is 0 Å². The number of hydrogen-bond donors (Lipinski definition) is 0. The maximum absolute atomic E-state index is 12.4. The first kappa shape index (κ1) is 46.3. The van der Waals surface area contributed by atoms with Gasteiger partial charge in [0.25, 0.3) is 22.7 Å². The van der Waals surface area contributed by atoms with Gasteiger partial charge < -0.3 is 23.3 Å². The van der Waals surface area contributed by atoms with E-state index in [0.29, 0.717) is 12.8 Å². The summed E-state index contributed by atoms with van der Waals surface area (Å²) < 4.78 is 19.7. The first-order chi connectivity index (χ1) is 26.9. The third-order valence-corrected chi connectivity index (χ3v) is 21.3. The fourth-order valence-electron chi connectivity index (χ4n) is 8.47. The Labute approximate surface area is 364 Å². The van der Waals surface area contributed by atoms with Crippen molar-refractivity contribution in [3.05, 3.63) is 150 Å². The molecule has 4 aromatic carbocycles. The first-order valence-electron chi connectivity index (χ1n) is 19.7. The van der Waals surface area contributed by atoms with Crippen LogP contribution < -0.4 is 55.4 Å². The van der Waals surface area contributed by atoms with Crippen LogP contribution in [0, 0.1) is 6.57 Å². The third kappa shape index (κ3) is 10.2. The summed E-state index contributed by atoms with van der Waals surface area (Å²) in [6.07, 6.45) is 6.39. The molecule has 0 saturated heterocycles. The number of aromatic nitrogens is 1. The zero-order valence-electron chi connectivity index (χ0n) is 35.0. The second-order valence-corrected chi connectivity index (χ2v) is 25.2. The van der Waals surface area contributed by atoms with E-state index in [4.69, 9.17) is 25.1 Å². The minimum Gasteiger partial charge on any atom is -0.857 e. The van der Waals surface area contributed by atoms with E-state index < -0.39 is 22.7 Å². The van der Waals surface area contributed by atoms with Gasteiger partial charge in [-0.3, -0.25) is 4.79 Å². The Bertz CT molecular complexity index is 1930. The third-order valence-electron chi connectivity index (χ3n) is 11.1. The standard InChI is InChI=1S/2C23H27NO2Si.CH3O.Na/c1-23(2,3)27(20-10-6-4-7-11-20,21-12-8-5-9-13-21)26-19-15-14-18-17-24-25-22(18)16-19;1-23(2,3)27(19-11-7-5-8-12-19,20-13-9-6-10-14-20)26-18-15-16-21(24-4)22(25)17-18;1-2;/h4-13,17,19H,14-16H2,1-3H3;5-14,18,21H,15-17H2,1-3H3;1H3;/q;;-1;+1. The fraction of sp³-hybridized carbons (Fsp3) is 0.383. The number of Topliss-reactive ketones (excluding diaryl/α,β-unsaturated/α-hetero) is 1. The van der Waals surface area contributed by atoms with Gasteiger partial charge in [-0.1, -0.05) is 168 Å².